The summed E-state index contributed by atoms with van der Waals surface area (Å²) in [7, 11) is 0. The van der Waals surface area contributed by atoms with Crippen molar-refractivity contribution in [2.45, 2.75) is 18.9 Å². The van der Waals surface area contributed by atoms with Crippen molar-refractivity contribution in [1.29, 1.82) is 0 Å². The van der Waals surface area contributed by atoms with Gasteiger partial charge in [-0.15, -0.1) is 0 Å². The Balaban J connectivity index is 2.07. The van der Waals surface area contributed by atoms with Crippen LogP contribution in [0.1, 0.15) is 23.2 Å². The zero-order valence-electron chi connectivity index (χ0n) is 9.61. The summed E-state index contributed by atoms with van der Waals surface area (Å²) in [6, 6.07) is 4.56. The molecule has 1 aliphatic rings. The molecule has 0 bridgehead atoms. The predicted molar refractivity (Wildman–Crippen MR) is 67.6 cm³/mol. The smallest absolute Gasteiger partial charge is 0.253 e. The average molecular weight is 269 g/mol. The first-order valence-electron chi connectivity index (χ1n) is 5.60. The number of amides is 2. The third-order valence-corrected chi connectivity index (χ3v) is 3.04. The Morgan fingerprint density at radius 2 is 2.22 bits per heavy atom. The maximum absolute atomic E-state index is 11.8. The molecule has 0 aromatic heterocycles. The molecule has 2 amide bonds. The van der Waals surface area contributed by atoms with Gasteiger partial charge in [-0.25, -0.2) is 0 Å². The van der Waals surface area contributed by atoms with Gasteiger partial charge in [-0.2, -0.15) is 0 Å². The van der Waals surface area contributed by atoms with E-state index >= 15 is 0 Å². The maximum Gasteiger partial charge on any atom is 0.253 e. The molecule has 18 heavy (non-hydrogen) atoms. The molecule has 1 fully saturated rings. The topological polar surface area (TPSA) is 81.4 Å². The number of carbonyl (C=O) groups is 2. The van der Waals surface area contributed by atoms with Gasteiger partial charge in [0.25, 0.3) is 5.91 Å². The van der Waals surface area contributed by atoms with Crippen molar-refractivity contribution >= 4 is 29.1 Å². The van der Waals surface area contributed by atoms with Crippen molar-refractivity contribution in [3.05, 3.63) is 28.8 Å². The molecule has 5 nitrogen and oxygen atoms in total. The average Bonchev–Trinajstić information content (AvgIpc) is 2.81. The molecule has 3 N–H and O–H groups in total. The summed E-state index contributed by atoms with van der Waals surface area (Å²) in [6.07, 6.45) is 1.21. The van der Waals surface area contributed by atoms with Gasteiger partial charge in [0.2, 0.25) is 5.91 Å². The van der Waals surface area contributed by atoms with Crippen molar-refractivity contribution in [3.63, 3.8) is 0 Å². The van der Waals surface area contributed by atoms with E-state index in [1.807, 2.05) is 0 Å². The van der Waals surface area contributed by atoms with Crippen LogP contribution in [0.3, 0.4) is 0 Å². The third-order valence-electron chi connectivity index (χ3n) is 2.72. The van der Waals surface area contributed by atoms with Crippen LogP contribution in [0.2, 0.25) is 5.02 Å². The Kier molecular flexibility index (Phi) is 3.84. The van der Waals surface area contributed by atoms with Crippen LogP contribution in [0.15, 0.2) is 18.2 Å². The molecule has 2 rings (SSSR count). The van der Waals surface area contributed by atoms with E-state index in [0.29, 0.717) is 12.3 Å². The fraction of sp³-hybridized carbons (Fsp3) is 0.333. The first kappa shape index (κ1) is 12.9. The largest absolute Gasteiger partial charge is 0.368 e. The fourth-order valence-corrected chi connectivity index (χ4v) is 2.07. The molecule has 1 aliphatic heterocycles. The highest BCUT2D eigenvalue weighted by molar-refractivity contribution is 6.34. The van der Waals surface area contributed by atoms with Gasteiger partial charge in [-0.3, -0.25) is 9.59 Å². The minimum absolute atomic E-state index is 0.199. The fourth-order valence-electron chi connectivity index (χ4n) is 1.80. The summed E-state index contributed by atoms with van der Waals surface area (Å²) in [5, 5.41) is 2.91. The third kappa shape index (κ3) is 2.80. The van der Waals surface area contributed by atoms with E-state index in [9.17, 15) is 9.59 Å². The highest BCUT2D eigenvalue weighted by atomic mass is 35.5. The Morgan fingerprint density at radius 3 is 2.78 bits per heavy atom. The van der Waals surface area contributed by atoms with Crippen molar-refractivity contribution < 1.29 is 14.3 Å². The van der Waals surface area contributed by atoms with Gasteiger partial charge in [-0.1, -0.05) is 11.6 Å². The van der Waals surface area contributed by atoms with Crippen molar-refractivity contribution in [3.8, 4) is 0 Å². The van der Waals surface area contributed by atoms with Crippen LogP contribution >= 0.6 is 11.6 Å². The molecule has 0 radical (unpaired) electrons. The lowest BCUT2D eigenvalue weighted by Gasteiger charge is -2.11. The summed E-state index contributed by atoms with van der Waals surface area (Å²) in [6.45, 7) is 0.611. The molecule has 1 atom stereocenters. The molecule has 6 heteroatoms. The molecular weight excluding hydrogens is 256 g/mol. The number of hydrogen-bond donors (Lipinski definition) is 2. The lowest BCUT2D eigenvalue weighted by Crippen LogP contribution is -2.26. The second-order valence-electron chi connectivity index (χ2n) is 4.05. The van der Waals surface area contributed by atoms with Crippen LogP contribution in [0, 0.1) is 0 Å². The molecule has 1 heterocycles. The van der Waals surface area contributed by atoms with Crippen LogP contribution in [0.5, 0.6) is 0 Å². The minimum Gasteiger partial charge on any atom is -0.368 e. The van der Waals surface area contributed by atoms with Gasteiger partial charge < -0.3 is 15.8 Å². The van der Waals surface area contributed by atoms with Gasteiger partial charge in [-0.05, 0) is 31.0 Å². The maximum atomic E-state index is 11.8. The number of ether oxygens (including phenoxy) is 1. The van der Waals surface area contributed by atoms with Crippen molar-refractivity contribution in [2.75, 3.05) is 11.9 Å². The number of carbonyl (C=O) groups excluding carboxylic acids is 2. The van der Waals surface area contributed by atoms with Gasteiger partial charge in [0, 0.05) is 12.3 Å². The van der Waals surface area contributed by atoms with Crippen molar-refractivity contribution in [2.24, 2.45) is 5.73 Å². The van der Waals surface area contributed by atoms with E-state index in [-0.39, 0.29) is 16.5 Å². The monoisotopic (exact) mass is 268 g/mol. The molecule has 1 aromatic rings. The molecule has 1 saturated heterocycles. The lowest BCUT2D eigenvalue weighted by molar-refractivity contribution is -0.124. The number of nitrogens with two attached hydrogens (primary N) is 1. The van der Waals surface area contributed by atoms with Gasteiger partial charge in [0.15, 0.2) is 0 Å². The van der Waals surface area contributed by atoms with E-state index in [2.05, 4.69) is 5.32 Å². The highest BCUT2D eigenvalue weighted by Crippen LogP contribution is 2.21. The minimum atomic E-state index is -0.600. The van der Waals surface area contributed by atoms with Gasteiger partial charge in [0.1, 0.15) is 6.10 Å². The molecular formula is C12H13ClN2O3. The SMILES string of the molecule is NC(=O)c1ccc(NC(=O)C2CCCO2)cc1Cl. The van der Waals surface area contributed by atoms with E-state index in [4.69, 9.17) is 22.1 Å². The van der Waals surface area contributed by atoms with E-state index in [1.54, 1.807) is 6.07 Å². The zero-order valence-corrected chi connectivity index (χ0v) is 10.4. The second-order valence-corrected chi connectivity index (χ2v) is 4.46. The lowest BCUT2D eigenvalue weighted by atomic mass is 10.2. The Morgan fingerprint density at radius 1 is 1.44 bits per heavy atom. The predicted octanol–water partition coefficient (Wildman–Crippen LogP) is 1.56. The van der Waals surface area contributed by atoms with E-state index in [0.717, 1.165) is 12.8 Å². The Labute approximate surface area is 109 Å². The first-order valence-corrected chi connectivity index (χ1v) is 5.97. The van der Waals surface area contributed by atoms with Gasteiger partial charge >= 0.3 is 0 Å². The highest BCUT2D eigenvalue weighted by Gasteiger charge is 2.23. The summed E-state index contributed by atoms with van der Waals surface area (Å²) < 4.78 is 5.26. The van der Waals surface area contributed by atoms with Crippen LogP contribution < -0.4 is 11.1 Å². The summed E-state index contributed by atoms with van der Waals surface area (Å²) in [5.74, 6) is -0.799. The number of nitrogens with one attached hydrogen (secondary N) is 1. The number of rotatable bonds is 3. The molecule has 96 valence electrons. The summed E-state index contributed by atoms with van der Waals surface area (Å²) in [5.41, 5.74) is 5.88. The number of hydrogen-bond acceptors (Lipinski definition) is 3. The number of primary amides is 1. The Bertz CT molecular complexity index is 484. The van der Waals surface area contributed by atoms with Crippen LogP contribution in [0.4, 0.5) is 5.69 Å². The Hall–Kier alpha value is -1.59. The van der Waals surface area contributed by atoms with Crippen LogP contribution in [-0.4, -0.2) is 24.5 Å². The standard InChI is InChI=1S/C12H13ClN2O3/c13-9-6-7(3-4-8(9)11(14)16)15-12(17)10-2-1-5-18-10/h3-4,6,10H,1-2,5H2,(H2,14,16)(H,15,17). The molecule has 0 spiro atoms. The van der Waals surface area contributed by atoms with Crippen molar-refractivity contribution in [1.82, 2.24) is 0 Å². The normalized spacial score (nSPS) is 18.6. The number of anilines is 1. The van der Waals surface area contributed by atoms with E-state index < -0.39 is 12.0 Å². The summed E-state index contributed by atoms with van der Waals surface area (Å²) in [4.78, 5) is 22.8. The molecule has 1 aromatic carbocycles. The number of halogens is 1. The van der Waals surface area contributed by atoms with Crippen LogP contribution in [0.25, 0.3) is 0 Å². The van der Waals surface area contributed by atoms with Gasteiger partial charge in [0.05, 0.1) is 10.6 Å². The second kappa shape index (κ2) is 5.37. The van der Waals surface area contributed by atoms with Crippen LogP contribution in [-0.2, 0) is 9.53 Å². The quantitative estimate of drug-likeness (QED) is 0.873. The molecule has 0 saturated carbocycles. The first-order chi connectivity index (χ1) is 8.58. The molecule has 0 aliphatic carbocycles. The number of benzene rings is 1. The zero-order chi connectivity index (χ0) is 13.1. The molecule has 1 unspecified atom stereocenters. The summed E-state index contributed by atoms with van der Waals surface area (Å²) >= 11 is 5.88. The van der Waals surface area contributed by atoms with E-state index in [1.165, 1.54) is 12.1 Å².